The molecular formula is C47H87NO12S. The molecule has 358 valence electrons. The maximum Gasteiger partial charge on any atom is 0.397 e. The Morgan fingerprint density at radius 3 is 1.59 bits per heavy atom. The fraction of sp³-hybridized carbons (Fsp3) is 0.851. The first-order valence-electron chi connectivity index (χ1n) is 24.0. The van der Waals surface area contributed by atoms with E-state index in [9.17, 15) is 38.7 Å². The molecule has 0 aromatic heterocycles. The van der Waals surface area contributed by atoms with E-state index in [0.717, 1.165) is 64.2 Å². The van der Waals surface area contributed by atoms with Crippen LogP contribution in [0.5, 0.6) is 0 Å². The quantitative estimate of drug-likeness (QED) is 0.0175. The van der Waals surface area contributed by atoms with Crippen LogP contribution >= 0.6 is 0 Å². The molecule has 0 saturated carbocycles. The predicted molar refractivity (Wildman–Crippen MR) is 242 cm³/mol. The molecule has 0 aliphatic carbocycles. The van der Waals surface area contributed by atoms with Crippen LogP contribution in [0.4, 0.5) is 0 Å². The molecular weight excluding hydrogens is 803 g/mol. The standard InChI is InChI=1S/C47H87NO12S/c1-3-5-7-9-11-13-15-16-17-18-19-20-21-22-23-24-25-26-28-30-32-34-36-41(51)46(54)48-39(40(50)35-33-31-29-27-14-12-10-8-6-4-2)38-58-47-44(53)45(60-61(55,56)57)43(52)42(37-49)59-47/h14,22-23,27,33,35,39-45,47,49-53H,3-13,15-21,24-26,28-32,34,36-38H2,1-2H3,(H,48,54)(H,55,56,57)/b23-22-,27-14+,35-33+. The SMILES string of the molecule is CCCCCC/C=C/CC/C=C/C(O)C(COC1OC(CO)C(O)C(OS(=O)(=O)O)C1O)NC(=O)C(O)CCCCCCCC/C=C\CCCCCCCCCCCCCC. The van der Waals surface area contributed by atoms with Crippen molar-refractivity contribution in [1.82, 2.24) is 5.32 Å². The number of nitrogens with one attached hydrogen (secondary N) is 1. The Hall–Kier alpha value is -1.72. The second-order valence-corrected chi connectivity index (χ2v) is 17.9. The lowest BCUT2D eigenvalue weighted by atomic mass is 9.99. The first-order chi connectivity index (χ1) is 29.4. The van der Waals surface area contributed by atoms with Crippen LogP contribution in [0.3, 0.4) is 0 Å². The van der Waals surface area contributed by atoms with Crippen molar-refractivity contribution in [2.24, 2.45) is 0 Å². The van der Waals surface area contributed by atoms with Gasteiger partial charge in [-0.1, -0.05) is 172 Å². The third-order valence-corrected chi connectivity index (χ3v) is 11.7. The third-order valence-electron chi connectivity index (χ3n) is 11.3. The van der Waals surface area contributed by atoms with Crippen molar-refractivity contribution in [2.45, 2.75) is 243 Å². The van der Waals surface area contributed by atoms with Crippen LogP contribution < -0.4 is 5.32 Å². The highest BCUT2D eigenvalue weighted by Gasteiger charge is 2.48. The molecule has 1 saturated heterocycles. The van der Waals surface area contributed by atoms with Gasteiger partial charge in [-0.25, -0.2) is 4.18 Å². The smallest absolute Gasteiger partial charge is 0.394 e. The summed E-state index contributed by atoms with van der Waals surface area (Å²) in [5.74, 6) is -0.719. The van der Waals surface area contributed by atoms with Crippen molar-refractivity contribution in [1.29, 1.82) is 0 Å². The van der Waals surface area contributed by atoms with Crippen molar-refractivity contribution < 1.29 is 57.0 Å². The normalized spacial score (nSPS) is 21.5. The number of aliphatic hydroxyl groups excluding tert-OH is 5. The van der Waals surface area contributed by atoms with E-state index >= 15 is 0 Å². The number of allylic oxidation sites excluding steroid dienone is 5. The Bertz CT molecular complexity index is 1250. The molecule has 0 aromatic carbocycles. The van der Waals surface area contributed by atoms with Gasteiger partial charge >= 0.3 is 10.4 Å². The van der Waals surface area contributed by atoms with Gasteiger partial charge in [0.15, 0.2) is 6.29 Å². The molecule has 1 fully saturated rings. The van der Waals surface area contributed by atoms with Crippen LogP contribution in [0.2, 0.25) is 0 Å². The van der Waals surface area contributed by atoms with Gasteiger partial charge in [-0.2, -0.15) is 8.42 Å². The molecule has 1 rings (SSSR count). The average Bonchev–Trinajstić information content (AvgIpc) is 3.23. The summed E-state index contributed by atoms with van der Waals surface area (Å²) in [4.78, 5) is 13.1. The van der Waals surface area contributed by atoms with E-state index in [1.807, 2.05) is 0 Å². The Morgan fingerprint density at radius 1 is 0.656 bits per heavy atom. The summed E-state index contributed by atoms with van der Waals surface area (Å²) in [6.07, 6.45) is 32.5. The molecule has 0 radical (unpaired) electrons. The van der Waals surface area contributed by atoms with Gasteiger partial charge in [0.1, 0.15) is 30.5 Å². The van der Waals surface area contributed by atoms with Crippen molar-refractivity contribution in [2.75, 3.05) is 13.2 Å². The van der Waals surface area contributed by atoms with Crippen LogP contribution in [0.1, 0.15) is 194 Å². The molecule has 1 amide bonds. The summed E-state index contributed by atoms with van der Waals surface area (Å²) in [5.41, 5.74) is 0. The van der Waals surface area contributed by atoms with E-state index in [0.29, 0.717) is 12.8 Å². The largest absolute Gasteiger partial charge is 0.397 e. The summed E-state index contributed by atoms with van der Waals surface area (Å²) in [5, 5.41) is 55.1. The molecule has 8 unspecified atom stereocenters. The van der Waals surface area contributed by atoms with E-state index in [2.05, 4.69) is 47.7 Å². The second-order valence-electron chi connectivity index (χ2n) is 16.8. The van der Waals surface area contributed by atoms with Crippen LogP contribution in [0.15, 0.2) is 36.5 Å². The fourth-order valence-electron chi connectivity index (χ4n) is 7.41. The van der Waals surface area contributed by atoms with Crippen LogP contribution in [0.25, 0.3) is 0 Å². The van der Waals surface area contributed by atoms with Crippen LogP contribution in [-0.2, 0) is 28.9 Å². The van der Waals surface area contributed by atoms with Crippen LogP contribution in [-0.4, -0.2) is 107 Å². The van der Waals surface area contributed by atoms with Gasteiger partial charge in [-0.15, -0.1) is 0 Å². The highest BCUT2D eigenvalue weighted by Crippen LogP contribution is 2.26. The molecule has 0 spiro atoms. The molecule has 0 bridgehead atoms. The molecule has 13 nitrogen and oxygen atoms in total. The van der Waals surface area contributed by atoms with Gasteiger partial charge in [-0.05, 0) is 57.8 Å². The van der Waals surface area contributed by atoms with E-state index < -0.39 is 78.5 Å². The minimum Gasteiger partial charge on any atom is -0.394 e. The summed E-state index contributed by atoms with van der Waals surface area (Å²) >= 11 is 0. The number of hydrogen-bond acceptors (Lipinski definition) is 11. The molecule has 0 aromatic rings. The zero-order valence-corrected chi connectivity index (χ0v) is 38.7. The number of hydrogen-bond donors (Lipinski definition) is 7. The fourth-order valence-corrected chi connectivity index (χ4v) is 7.92. The lowest BCUT2D eigenvalue weighted by Gasteiger charge is -2.41. The number of carbonyl (C=O) groups is 1. The number of unbranched alkanes of at least 4 members (excludes halogenated alkanes) is 23. The molecule has 1 aliphatic heterocycles. The highest BCUT2D eigenvalue weighted by molar-refractivity contribution is 7.80. The van der Waals surface area contributed by atoms with E-state index in [1.165, 1.54) is 102 Å². The number of aliphatic hydroxyl groups is 5. The Labute approximate surface area is 369 Å². The zero-order chi connectivity index (χ0) is 45.0. The van der Waals surface area contributed by atoms with Gasteiger partial charge in [0.05, 0.1) is 25.4 Å². The summed E-state index contributed by atoms with van der Waals surface area (Å²) < 4.78 is 47.4. The first kappa shape index (κ1) is 57.3. The van der Waals surface area contributed by atoms with Gasteiger partial charge in [0, 0.05) is 0 Å². The number of carbonyl (C=O) groups excluding carboxylic acids is 1. The van der Waals surface area contributed by atoms with Gasteiger partial charge in [-0.3, -0.25) is 9.35 Å². The molecule has 8 atom stereocenters. The Kier molecular flexibility index (Phi) is 35.4. The van der Waals surface area contributed by atoms with Crippen molar-refractivity contribution >= 4 is 16.3 Å². The third kappa shape index (κ3) is 30.1. The van der Waals surface area contributed by atoms with Gasteiger partial charge in [0.2, 0.25) is 5.91 Å². The van der Waals surface area contributed by atoms with Gasteiger partial charge < -0.3 is 40.3 Å². The number of ether oxygens (including phenoxy) is 2. The molecule has 61 heavy (non-hydrogen) atoms. The topological polar surface area (TPSA) is 212 Å². The van der Waals surface area contributed by atoms with E-state index in [-0.39, 0.29) is 6.42 Å². The number of rotatable bonds is 40. The van der Waals surface area contributed by atoms with E-state index in [1.54, 1.807) is 6.08 Å². The first-order valence-corrected chi connectivity index (χ1v) is 25.3. The Balaban J connectivity index is 2.48. The minimum atomic E-state index is -5.12. The maximum absolute atomic E-state index is 13.1. The average molecular weight is 890 g/mol. The van der Waals surface area contributed by atoms with Crippen molar-refractivity contribution in [3.8, 4) is 0 Å². The number of amides is 1. The maximum atomic E-state index is 13.1. The minimum absolute atomic E-state index is 0.229. The molecule has 1 heterocycles. The van der Waals surface area contributed by atoms with E-state index in [4.69, 9.17) is 14.0 Å². The summed E-state index contributed by atoms with van der Waals surface area (Å²) in [6.45, 7) is 3.15. The Morgan fingerprint density at radius 2 is 1.10 bits per heavy atom. The van der Waals surface area contributed by atoms with Gasteiger partial charge in [0.25, 0.3) is 0 Å². The monoisotopic (exact) mass is 890 g/mol. The zero-order valence-electron chi connectivity index (χ0n) is 37.8. The molecule has 14 heteroatoms. The molecule has 7 N–H and O–H groups in total. The van der Waals surface area contributed by atoms with Crippen molar-refractivity contribution in [3.05, 3.63) is 36.5 Å². The summed E-state index contributed by atoms with van der Waals surface area (Å²) in [7, 11) is -5.12. The lowest BCUT2D eigenvalue weighted by molar-refractivity contribution is -0.298. The second kappa shape index (κ2) is 37.6. The molecule has 1 aliphatic rings. The predicted octanol–water partition coefficient (Wildman–Crippen LogP) is 8.47. The highest BCUT2D eigenvalue weighted by atomic mass is 32.3. The van der Waals surface area contributed by atoms with Crippen LogP contribution in [0, 0.1) is 0 Å². The lowest BCUT2D eigenvalue weighted by Crippen LogP contribution is -2.61. The summed E-state index contributed by atoms with van der Waals surface area (Å²) in [6, 6.07) is -1.14. The van der Waals surface area contributed by atoms with Crippen molar-refractivity contribution in [3.63, 3.8) is 0 Å².